The zero-order valence-corrected chi connectivity index (χ0v) is 11.7. The third-order valence-electron chi connectivity index (χ3n) is 2.21. The predicted molar refractivity (Wildman–Crippen MR) is 74.7 cm³/mol. The van der Waals surface area contributed by atoms with Gasteiger partial charge >= 0.3 is 12.1 Å². The lowest BCUT2D eigenvalue weighted by Gasteiger charge is -2.17. The van der Waals surface area contributed by atoms with Gasteiger partial charge in [-0.2, -0.15) is 4.99 Å². The van der Waals surface area contributed by atoms with Crippen molar-refractivity contribution in [2.75, 3.05) is 0 Å². The standard InChI is InChI=1S/C14H18N2O4/c1-14(2,3)20-13(19)16-12(15)10-6-4-9(5-7-10)8-11(17)18/h4-7H,8H2,1-3H3,(H,17,18)(H2,15,16,19). The number of hydrogen-bond acceptors (Lipinski definition) is 3. The fraction of sp³-hybridized carbons (Fsp3) is 0.357. The summed E-state index contributed by atoms with van der Waals surface area (Å²) in [7, 11) is 0. The molecule has 20 heavy (non-hydrogen) atoms. The van der Waals surface area contributed by atoms with Crippen molar-refractivity contribution in [2.24, 2.45) is 10.7 Å². The molecule has 0 radical (unpaired) electrons. The molecule has 1 aromatic carbocycles. The topological polar surface area (TPSA) is 102 Å². The van der Waals surface area contributed by atoms with Crippen molar-refractivity contribution >= 4 is 17.9 Å². The maximum absolute atomic E-state index is 11.5. The van der Waals surface area contributed by atoms with Crippen LogP contribution in [0.1, 0.15) is 31.9 Å². The Morgan fingerprint density at radius 1 is 1.25 bits per heavy atom. The quantitative estimate of drug-likeness (QED) is 0.650. The van der Waals surface area contributed by atoms with E-state index in [2.05, 4.69) is 4.99 Å². The van der Waals surface area contributed by atoms with E-state index < -0.39 is 17.7 Å². The molecule has 1 aromatic rings. The molecule has 0 heterocycles. The van der Waals surface area contributed by atoms with E-state index in [-0.39, 0.29) is 12.3 Å². The summed E-state index contributed by atoms with van der Waals surface area (Å²) in [5.74, 6) is -0.880. The summed E-state index contributed by atoms with van der Waals surface area (Å²) in [6.45, 7) is 5.20. The number of nitrogens with two attached hydrogens (primary N) is 1. The summed E-state index contributed by atoms with van der Waals surface area (Å²) < 4.78 is 5.02. The second-order valence-electron chi connectivity index (χ2n) is 5.24. The summed E-state index contributed by atoms with van der Waals surface area (Å²) in [5, 5.41) is 8.66. The summed E-state index contributed by atoms with van der Waals surface area (Å²) in [6.07, 6.45) is -0.826. The van der Waals surface area contributed by atoms with Gasteiger partial charge in [-0.05, 0) is 26.3 Å². The Kier molecular flexibility index (Phi) is 4.85. The largest absolute Gasteiger partial charge is 0.481 e. The summed E-state index contributed by atoms with van der Waals surface area (Å²) in [5.41, 5.74) is 6.24. The van der Waals surface area contributed by atoms with Gasteiger partial charge in [0.05, 0.1) is 6.42 Å². The third-order valence-corrected chi connectivity index (χ3v) is 2.21. The van der Waals surface area contributed by atoms with Crippen LogP contribution in [-0.4, -0.2) is 28.6 Å². The van der Waals surface area contributed by atoms with Gasteiger partial charge in [-0.15, -0.1) is 0 Å². The first-order valence-corrected chi connectivity index (χ1v) is 6.05. The van der Waals surface area contributed by atoms with Crippen molar-refractivity contribution in [2.45, 2.75) is 32.8 Å². The number of rotatable bonds is 3. The lowest BCUT2D eigenvalue weighted by Crippen LogP contribution is -2.24. The number of hydrogen-bond donors (Lipinski definition) is 2. The molecule has 0 spiro atoms. The number of carboxylic acids is 1. The Bertz CT molecular complexity index is 527. The zero-order valence-electron chi connectivity index (χ0n) is 11.7. The van der Waals surface area contributed by atoms with Crippen LogP contribution < -0.4 is 5.73 Å². The highest BCUT2D eigenvalue weighted by atomic mass is 16.6. The molecule has 3 N–H and O–H groups in total. The van der Waals surface area contributed by atoms with Crippen LogP contribution in [0, 0.1) is 0 Å². The minimum Gasteiger partial charge on any atom is -0.481 e. The molecule has 0 unspecified atom stereocenters. The number of carbonyl (C=O) groups excluding carboxylic acids is 1. The average molecular weight is 278 g/mol. The molecule has 108 valence electrons. The molecule has 0 atom stereocenters. The zero-order chi connectivity index (χ0) is 15.3. The second kappa shape index (κ2) is 6.18. The molecular weight excluding hydrogens is 260 g/mol. The van der Waals surface area contributed by atoms with Crippen LogP contribution in [0.15, 0.2) is 29.3 Å². The molecule has 1 rings (SSSR count). The fourth-order valence-corrected chi connectivity index (χ4v) is 1.42. The van der Waals surface area contributed by atoms with Crippen LogP contribution in [0.4, 0.5) is 4.79 Å². The van der Waals surface area contributed by atoms with Crippen molar-refractivity contribution in [3.8, 4) is 0 Å². The summed E-state index contributed by atoms with van der Waals surface area (Å²) in [6, 6.07) is 6.48. The first-order chi connectivity index (χ1) is 9.17. The number of benzene rings is 1. The van der Waals surface area contributed by atoms with E-state index in [0.717, 1.165) is 0 Å². The number of amides is 1. The lowest BCUT2D eigenvalue weighted by atomic mass is 10.1. The van der Waals surface area contributed by atoms with E-state index >= 15 is 0 Å². The van der Waals surface area contributed by atoms with Gasteiger partial charge < -0.3 is 15.6 Å². The minimum absolute atomic E-state index is 0.0288. The second-order valence-corrected chi connectivity index (χ2v) is 5.24. The maximum atomic E-state index is 11.5. The summed E-state index contributed by atoms with van der Waals surface area (Å²) in [4.78, 5) is 25.7. The highest BCUT2D eigenvalue weighted by Crippen LogP contribution is 2.09. The molecule has 0 bridgehead atoms. The van der Waals surface area contributed by atoms with Crippen LogP contribution in [0.2, 0.25) is 0 Å². The number of carboxylic acid groups (broad SMARTS) is 1. The fourth-order valence-electron chi connectivity index (χ4n) is 1.42. The Balaban J connectivity index is 2.79. The van der Waals surface area contributed by atoms with Crippen molar-refractivity contribution in [3.05, 3.63) is 35.4 Å². The molecule has 6 heteroatoms. The van der Waals surface area contributed by atoms with Gasteiger partial charge in [0.15, 0.2) is 0 Å². The third kappa shape index (κ3) is 5.51. The van der Waals surface area contributed by atoms with Gasteiger partial charge in [-0.3, -0.25) is 4.79 Å². The molecule has 0 aromatic heterocycles. The smallest absolute Gasteiger partial charge is 0.436 e. The van der Waals surface area contributed by atoms with Gasteiger partial charge in [0, 0.05) is 5.56 Å². The molecule has 0 saturated heterocycles. The Hall–Kier alpha value is -2.37. The predicted octanol–water partition coefficient (Wildman–Crippen LogP) is 1.95. The normalized spacial score (nSPS) is 12.1. The molecule has 6 nitrogen and oxygen atoms in total. The first kappa shape index (κ1) is 15.7. The average Bonchev–Trinajstić information content (AvgIpc) is 2.26. The highest BCUT2D eigenvalue weighted by Gasteiger charge is 2.16. The number of ether oxygens (including phenoxy) is 1. The van der Waals surface area contributed by atoms with Gasteiger partial charge in [-0.25, -0.2) is 4.79 Å². The molecule has 0 fully saturated rings. The van der Waals surface area contributed by atoms with Crippen molar-refractivity contribution in [1.82, 2.24) is 0 Å². The number of aliphatic carboxylic acids is 1. The number of nitrogens with zero attached hydrogens (tertiary/aromatic N) is 1. The van der Waals surface area contributed by atoms with Gasteiger partial charge in [-0.1, -0.05) is 24.3 Å². The molecule has 0 saturated carbocycles. The van der Waals surface area contributed by atoms with Crippen LogP contribution >= 0.6 is 0 Å². The van der Waals surface area contributed by atoms with Crippen LogP contribution in [0.5, 0.6) is 0 Å². The van der Waals surface area contributed by atoms with Crippen molar-refractivity contribution < 1.29 is 19.4 Å². The van der Waals surface area contributed by atoms with Crippen molar-refractivity contribution in [1.29, 1.82) is 0 Å². The molecule has 0 aliphatic heterocycles. The maximum Gasteiger partial charge on any atom is 0.436 e. The summed E-state index contributed by atoms with van der Waals surface area (Å²) >= 11 is 0. The van der Waals surface area contributed by atoms with Crippen LogP contribution in [-0.2, 0) is 16.0 Å². The number of carbonyl (C=O) groups is 2. The van der Waals surface area contributed by atoms with Gasteiger partial charge in [0.2, 0.25) is 0 Å². The number of amidine groups is 1. The highest BCUT2D eigenvalue weighted by molar-refractivity contribution is 6.02. The molecule has 1 amide bonds. The first-order valence-electron chi connectivity index (χ1n) is 6.05. The van der Waals surface area contributed by atoms with E-state index in [1.54, 1.807) is 45.0 Å². The van der Waals surface area contributed by atoms with E-state index in [1.165, 1.54) is 0 Å². The Morgan fingerprint density at radius 3 is 2.25 bits per heavy atom. The van der Waals surface area contributed by atoms with E-state index in [4.69, 9.17) is 15.6 Å². The monoisotopic (exact) mass is 278 g/mol. The van der Waals surface area contributed by atoms with E-state index in [1.807, 2.05) is 0 Å². The number of aliphatic imine (C=N–C) groups is 1. The Labute approximate surface area is 117 Å². The van der Waals surface area contributed by atoms with E-state index in [0.29, 0.717) is 11.1 Å². The van der Waals surface area contributed by atoms with Crippen LogP contribution in [0.3, 0.4) is 0 Å². The lowest BCUT2D eigenvalue weighted by molar-refractivity contribution is -0.136. The van der Waals surface area contributed by atoms with Crippen molar-refractivity contribution in [3.63, 3.8) is 0 Å². The molecule has 0 aliphatic rings. The van der Waals surface area contributed by atoms with Gasteiger partial charge in [0.1, 0.15) is 11.4 Å². The van der Waals surface area contributed by atoms with Gasteiger partial charge in [0.25, 0.3) is 0 Å². The minimum atomic E-state index is -0.909. The van der Waals surface area contributed by atoms with E-state index in [9.17, 15) is 9.59 Å². The SMILES string of the molecule is CC(C)(C)OC(=O)N=C(N)c1ccc(CC(=O)O)cc1. The molecular formula is C14H18N2O4. The molecule has 0 aliphatic carbocycles. The van der Waals surface area contributed by atoms with Crippen LogP contribution in [0.25, 0.3) is 0 Å². The Morgan fingerprint density at radius 2 is 1.80 bits per heavy atom.